The van der Waals surface area contributed by atoms with Crippen LogP contribution in [0.3, 0.4) is 0 Å². The topological polar surface area (TPSA) is 106 Å². The summed E-state index contributed by atoms with van der Waals surface area (Å²) in [5, 5.41) is 19.9. The number of ether oxygens (including phenoxy) is 2. The Bertz CT molecular complexity index is 1200. The van der Waals surface area contributed by atoms with E-state index < -0.39 is 24.3 Å². The van der Waals surface area contributed by atoms with Crippen molar-refractivity contribution in [3.8, 4) is 0 Å². The Hall–Kier alpha value is -2.99. The number of aliphatic hydroxyl groups excluding tert-OH is 2. The minimum atomic E-state index is -0.874. The summed E-state index contributed by atoms with van der Waals surface area (Å²) in [4.78, 5) is 34.2. The summed E-state index contributed by atoms with van der Waals surface area (Å²) in [5.74, 6) is -1.20. The first-order chi connectivity index (χ1) is 21.5. The third-order valence-corrected chi connectivity index (χ3v) is 9.16. The van der Waals surface area contributed by atoms with Crippen molar-refractivity contribution in [1.29, 1.82) is 0 Å². The van der Waals surface area contributed by atoms with E-state index in [-0.39, 0.29) is 36.8 Å². The van der Waals surface area contributed by atoms with E-state index in [1.54, 1.807) is 4.90 Å². The van der Waals surface area contributed by atoms with E-state index in [2.05, 4.69) is 14.7 Å². The second kappa shape index (κ2) is 16.5. The van der Waals surface area contributed by atoms with Crippen LogP contribution in [-0.2, 0) is 14.3 Å². The summed E-state index contributed by atoms with van der Waals surface area (Å²) in [6.45, 7) is 12.4. The number of anilines is 1. The number of β-amino-alcohol motifs (C(OH)–C–C–N with tert-alkyl or cyclic N) is 1. The number of carbonyl (C=O) groups excluding carboxylic acids is 2. The lowest BCUT2D eigenvalue weighted by molar-refractivity contribution is -0.151. The average Bonchev–Trinajstić information content (AvgIpc) is 3.00. The number of hydrogen-bond acceptors (Lipinski definition) is 9. The molecule has 1 amide bonds. The SMILES string of the molecule is C/C(=C\c1cc(F)cc(N2CCN(CCO)CC2)c1)[C@H]1OC(=O)C[C@H](O)CC[C@H](C)[C@@H](OC(=O)N2CCN(C)CC2)/C=C\[C@@H]1C. The molecule has 3 aliphatic rings. The first-order valence-corrected chi connectivity index (χ1v) is 16.3. The Balaban J connectivity index is 1.53. The van der Waals surface area contributed by atoms with Gasteiger partial charge in [-0.1, -0.05) is 26.0 Å². The maximum absolute atomic E-state index is 14.8. The van der Waals surface area contributed by atoms with Gasteiger partial charge in [0.15, 0.2) is 0 Å². The van der Waals surface area contributed by atoms with Crippen molar-refractivity contribution < 1.29 is 33.7 Å². The molecule has 10 nitrogen and oxygen atoms in total. The van der Waals surface area contributed by atoms with Crippen LogP contribution in [0, 0.1) is 17.7 Å². The van der Waals surface area contributed by atoms with Crippen molar-refractivity contribution in [2.75, 3.05) is 77.5 Å². The van der Waals surface area contributed by atoms with Crippen LogP contribution in [0.15, 0.2) is 35.9 Å². The molecule has 1 aromatic rings. The van der Waals surface area contributed by atoms with E-state index >= 15 is 0 Å². The predicted octanol–water partition coefficient (Wildman–Crippen LogP) is 3.38. The molecule has 3 aliphatic heterocycles. The molecule has 0 radical (unpaired) electrons. The number of carbonyl (C=O) groups is 2. The van der Waals surface area contributed by atoms with Gasteiger partial charge in [0.2, 0.25) is 0 Å². The Labute approximate surface area is 267 Å². The normalized spacial score (nSPS) is 29.0. The van der Waals surface area contributed by atoms with Gasteiger partial charge in [-0.05, 0) is 68.1 Å². The molecular formula is C34H51FN4O6. The Morgan fingerprint density at radius 3 is 2.44 bits per heavy atom. The van der Waals surface area contributed by atoms with Gasteiger partial charge < -0.3 is 34.4 Å². The highest BCUT2D eigenvalue weighted by Gasteiger charge is 2.29. The van der Waals surface area contributed by atoms with Gasteiger partial charge in [-0.2, -0.15) is 0 Å². The van der Waals surface area contributed by atoms with E-state index in [1.807, 2.05) is 52.1 Å². The lowest BCUT2D eigenvalue weighted by Gasteiger charge is -2.36. The summed E-state index contributed by atoms with van der Waals surface area (Å²) in [6, 6.07) is 4.93. The quantitative estimate of drug-likeness (QED) is 0.362. The number of nitrogens with zero attached hydrogens (tertiary/aromatic N) is 4. The molecule has 2 saturated heterocycles. The third kappa shape index (κ3) is 10.3. The highest BCUT2D eigenvalue weighted by molar-refractivity contribution is 5.71. The smallest absolute Gasteiger partial charge is 0.410 e. The van der Waals surface area contributed by atoms with Crippen LogP contribution in [0.1, 0.15) is 45.6 Å². The second-order valence-corrected chi connectivity index (χ2v) is 12.9. The molecular weight excluding hydrogens is 579 g/mol. The summed E-state index contributed by atoms with van der Waals surface area (Å²) < 4.78 is 26.8. The van der Waals surface area contributed by atoms with Crippen LogP contribution in [-0.4, -0.2) is 128 Å². The Morgan fingerprint density at radius 2 is 1.76 bits per heavy atom. The van der Waals surface area contributed by atoms with Crippen LogP contribution < -0.4 is 4.90 Å². The number of amides is 1. The molecule has 1 aromatic carbocycles. The largest absolute Gasteiger partial charge is 0.457 e. The van der Waals surface area contributed by atoms with Gasteiger partial charge in [0, 0.05) is 70.5 Å². The molecule has 4 rings (SSSR count). The zero-order chi connectivity index (χ0) is 32.5. The number of hydrogen-bond donors (Lipinski definition) is 2. The maximum Gasteiger partial charge on any atom is 0.410 e. The van der Waals surface area contributed by atoms with Gasteiger partial charge in [0.25, 0.3) is 0 Å². The number of aliphatic hydroxyl groups is 2. The summed E-state index contributed by atoms with van der Waals surface area (Å²) >= 11 is 0. The molecule has 0 saturated carbocycles. The van der Waals surface area contributed by atoms with Gasteiger partial charge in [0.1, 0.15) is 18.0 Å². The fourth-order valence-electron chi connectivity index (χ4n) is 6.21. The van der Waals surface area contributed by atoms with Crippen LogP contribution in [0.2, 0.25) is 0 Å². The van der Waals surface area contributed by atoms with Crippen LogP contribution in [0.5, 0.6) is 0 Å². The van der Waals surface area contributed by atoms with Crippen molar-refractivity contribution >= 4 is 23.8 Å². The second-order valence-electron chi connectivity index (χ2n) is 12.9. The maximum atomic E-state index is 14.8. The summed E-state index contributed by atoms with van der Waals surface area (Å²) in [5.41, 5.74) is 2.17. The van der Waals surface area contributed by atoms with Crippen LogP contribution >= 0.6 is 0 Å². The van der Waals surface area contributed by atoms with Crippen molar-refractivity contribution in [2.45, 2.75) is 58.3 Å². The molecule has 0 aromatic heterocycles. The third-order valence-electron chi connectivity index (χ3n) is 9.16. The highest BCUT2D eigenvalue weighted by atomic mass is 19.1. The molecule has 45 heavy (non-hydrogen) atoms. The van der Waals surface area contributed by atoms with E-state index in [9.17, 15) is 24.2 Å². The molecule has 11 heteroatoms. The van der Waals surface area contributed by atoms with E-state index in [0.717, 1.165) is 50.5 Å². The Morgan fingerprint density at radius 1 is 1.04 bits per heavy atom. The van der Waals surface area contributed by atoms with Crippen molar-refractivity contribution in [1.82, 2.24) is 14.7 Å². The zero-order valence-corrected chi connectivity index (χ0v) is 27.2. The molecule has 5 atom stereocenters. The molecule has 0 aliphatic carbocycles. The van der Waals surface area contributed by atoms with Crippen LogP contribution in [0.25, 0.3) is 6.08 Å². The first-order valence-electron chi connectivity index (χ1n) is 16.3. The molecule has 3 heterocycles. The highest BCUT2D eigenvalue weighted by Crippen LogP contribution is 2.27. The van der Waals surface area contributed by atoms with Gasteiger partial charge >= 0.3 is 12.1 Å². The summed E-state index contributed by atoms with van der Waals surface area (Å²) in [6.07, 6.45) is 4.07. The van der Waals surface area contributed by atoms with E-state index in [1.165, 1.54) is 12.1 Å². The number of likely N-dealkylation sites (N-methyl/N-ethyl adjacent to an activating group) is 1. The van der Waals surface area contributed by atoms with Gasteiger partial charge in [-0.15, -0.1) is 0 Å². The molecule has 2 fully saturated rings. The molecule has 0 bridgehead atoms. The fourth-order valence-corrected chi connectivity index (χ4v) is 6.21. The number of benzene rings is 1. The van der Waals surface area contributed by atoms with Crippen molar-refractivity contribution in [3.05, 3.63) is 47.3 Å². The van der Waals surface area contributed by atoms with Gasteiger partial charge in [-0.25, -0.2) is 9.18 Å². The Kier molecular flexibility index (Phi) is 12.8. The number of esters is 1. The summed E-state index contributed by atoms with van der Waals surface area (Å²) in [7, 11) is 2.03. The standard InChI is InChI=1S/C34H51FN4O6/c1-24-5-7-30(41)23-32(42)45-33(25(2)6-8-31(24)44-34(43)39-13-9-36(4)10-14-39)26(3)19-27-20-28(35)22-29(21-27)38-15-11-37(12-16-38)17-18-40/h6,8,19-22,24-25,30-31,33,40-41H,5,7,9-18,23H2,1-4H3/b8-6-,26-19+/t24-,25-,30+,31-,33-/m0/s1. The van der Waals surface area contributed by atoms with E-state index in [0.29, 0.717) is 38.0 Å². The lowest BCUT2D eigenvalue weighted by Crippen LogP contribution is -2.48. The van der Waals surface area contributed by atoms with Crippen molar-refractivity contribution in [3.63, 3.8) is 0 Å². The zero-order valence-electron chi connectivity index (χ0n) is 27.2. The number of halogens is 1. The minimum Gasteiger partial charge on any atom is -0.457 e. The minimum absolute atomic E-state index is 0.0683. The van der Waals surface area contributed by atoms with Crippen molar-refractivity contribution in [2.24, 2.45) is 11.8 Å². The molecule has 0 spiro atoms. The first kappa shape index (κ1) is 34.9. The monoisotopic (exact) mass is 630 g/mol. The average molecular weight is 631 g/mol. The van der Waals surface area contributed by atoms with E-state index in [4.69, 9.17) is 9.47 Å². The van der Waals surface area contributed by atoms with Crippen LogP contribution in [0.4, 0.5) is 14.9 Å². The fraction of sp³-hybridized carbons (Fsp3) is 0.647. The number of cyclic esters (lactones) is 1. The predicted molar refractivity (Wildman–Crippen MR) is 172 cm³/mol. The number of piperazine rings is 2. The number of rotatable bonds is 6. The lowest BCUT2D eigenvalue weighted by atomic mass is 9.91. The molecule has 250 valence electrons. The molecule has 0 unspecified atom stereocenters. The molecule has 2 N–H and O–H groups in total. The van der Waals surface area contributed by atoms with Gasteiger partial charge in [0.05, 0.1) is 19.1 Å². The van der Waals surface area contributed by atoms with Gasteiger partial charge in [-0.3, -0.25) is 9.69 Å².